The Morgan fingerprint density at radius 1 is 0.478 bits per heavy atom. The zero-order valence-electron chi connectivity index (χ0n) is 37.4. The third kappa shape index (κ3) is 15.2. The molecule has 4 aromatic carbocycles. The van der Waals surface area contributed by atoms with Gasteiger partial charge in [0.2, 0.25) is 0 Å². The molecular formula is C53H54N10O4. The molecule has 0 amide bonds. The molecule has 0 fully saturated rings. The van der Waals surface area contributed by atoms with Crippen LogP contribution in [0.15, 0.2) is 180 Å². The Balaban J connectivity index is 0.718. The molecule has 0 spiro atoms. The molecule has 0 saturated heterocycles. The predicted molar refractivity (Wildman–Crippen MR) is 257 cm³/mol. The molecule has 0 bridgehead atoms. The standard InChI is InChI=1S/C53H54N10O4/c1-6-16-42(17-7-1)34-62-36-48(58-60-62)38-64-40-52(44-20-10-3-11-21-44)56-30-46-24-26-50(32-54-46)66-28-14-5-15-29-67-51-27-25-47(55-33-51)31-57-53(45-22-12-4-13-23-45)41-65-39-49-37-63(61-59-49)35-43-18-8-2-9-19-43/h1-4,6-13,16-27,30-33,36-37,52-53H,5,14-15,28-29,34-35,38-41H2. The van der Waals surface area contributed by atoms with Crippen molar-refractivity contribution in [2.45, 2.75) is 57.6 Å². The van der Waals surface area contributed by atoms with Crippen molar-refractivity contribution >= 4 is 12.4 Å². The molecule has 8 aromatic rings. The fourth-order valence-electron chi connectivity index (χ4n) is 7.06. The smallest absolute Gasteiger partial charge is 0.137 e. The summed E-state index contributed by atoms with van der Waals surface area (Å²) in [6.07, 6.45) is 13.6. The van der Waals surface area contributed by atoms with Crippen LogP contribution in [0, 0.1) is 0 Å². The molecule has 0 aliphatic rings. The van der Waals surface area contributed by atoms with Gasteiger partial charge in [-0.3, -0.25) is 20.0 Å². The zero-order chi connectivity index (χ0) is 45.6. The van der Waals surface area contributed by atoms with Gasteiger partial charge in [-0.2, -0.15) is 0 Å². The van der Waals surface area contributed by atoms with Gasteiger partial charge in [0.15, 0.2) is 0 Å². The highest BCUT2D eigenvalue weighted by Gasteiger charge is 2.13. The maximum atomic E-state index is 6.08. The summed E-state index contributed by atoms with van der Waals surface area (Å²) in [5.41, 5.74) is 7.44. The second kappa shape index (κ2) is 25.1. The molecule has 14 heteroatoms. The summed E-state index contributed by atoms with van der Waals surface area (Å²) < 4.78 is 27.7. The molecular weight excluding hydrogens is 841 g/mol. The number of hydrogen-bond acceptors (Lipinski definition) is 12. The minimum Gasteiger partial charge on any atom is -0.492 e. The first-order valence-corrected chi connectivity index (χ1v) is 22.5. The van der Waals surface area contributed by atoms with Crippen LogP contribution in [0.4, 0.5) is 0 Å². The maximum absolute atomic E-state index is 6.08. The summed E-state index contributed by atoms with van der Waals surface area (Å²) in [5.74, 6) is 1.43. The molecule has 8 rings (SSSR count). The molecule has 0 N–H and O–H groups in total. The molecule has 67 heavy (non-hydrogen) atoms. The predicted octanol–water partition coefficient (Wildman–Crippen LogP) is 9.14. The van der Waals surface area contributed by atoms with E-state index in [1.807, 2.05) is 119 Å². The number of ether oxygens (including phenoxy) is 4. The summed E-state index contributed by atoms with van der Waals surface area (Å²) in [6.45, 7) is 3.94. The van der Waals surface area contributed by atoms with Gasteiger partial charge in [0.25, 0.3) is 0 Å². The lowest BCUT2D eigenvalue weighted by atomic mass is 10.1. The fraction of sp³-hybridized carbons (Fsp3) is 0.245. The van der Waals surface area contributed by atoms with Gasteiger partial charge in [0, 0.05) is 12.4 Å². The number of aromatic nitrogens is 8. The first-order chi connectivity index (χ1) is 33.2. The van der Waals surface area contributed by atoms with Gasteiger partial charge < -0.3 is 18.9 Å². The van der Waals surface area contributed by atoms with Crippen LogP contribution in [0.25, 0.3) is 0 Å². The Hall–Kier alpha value is -7.68. The van der Waals surface area contributed by atoms with Crippen molar-refractivity contribution in [2.24, 2.45) is 9.98 Å². The van der Waals surface area contributed by atoms with Crippen molar-refractivity contribution in [1.29, 1.82) is 0 Å². The molecule has 4 heterocycles. The Kier molecular flexibility index (Phi) is 17.2. The van der Waals surface area contributed by atoms with Crippen molar-refractivity contribution in [1.82, 2.24) is 40.0 Å². The molecule has 2 unspecified atom stereocenters. The minimum atomic E-state index is -0.208. The van der Waals surface area contributed by atoms with Crippen LogP contribution in [-0.4, -0.2) is 78.8 Å². The first-order valence-electron chi connectivity index (χ1n) is 22.5. The largest absolute Gasteiger partial charge is 0.492 e. The van der Waals surface area contributed by atoms with E-state index >= 15 is 0 Å². The molecule has 14 nitrogen and oxygen atoms in total. The van der Waals surface area contributed by atoms with Gasteiger partial charge in [0.05, 0.1) is 101 Å². The van der Waals surface area contributed by atoms with Crippen molar-refractivity contribution in [3.05, 3.63) is 215 Å². The van der Waals surface area contributed by atoms with E-state index in [1.165, 1.54) is 0 Å². The third-order valence-corrected chi connectivity index (χ3v) is 10.6. The van der Waals surface area contributed by atoms with E-state index in [9.17, 15) is 0 Å². The molecule has 0 aliphatic carbocycles. The van der Waals surface area contributed by atoms with Crippen LogP contribution in [-0.2, 0) is 35.8 Å². The highest BCUT2D eigenvalue weighted by molar-refractivity contribution is 5.77. The van der Waals surface area contributed by atoms with Crippen LogP contribution in [0.3, 0.4) is 0 Å². The summed E-state index contributed by atoms with van der Waals surface area (Å²) >= 11 is 0. The van der Waals surface area contributed by atoms with Crippen molar-refractivity contribution < 1.29 is 18.9 Å². The Morgan fingerprint density at radius 2 is 0.896 bits per heavy atom. The SMILES string of the molecule is C(=NC(COCc1cn(Cc2ccccc2)nn1)c1ccccc1)c1ccc(OCCCCCOc2ccc(C=NC(COCc3cn(Cc4ccccc4)nn3)c3ccccc3)nc2)cn1. The number of pyridine rings is 2. The first kappa shape index (κ1) is 45.9. The van der Waals surface area contributed by atoms with Crippen LogP contribution < -0.4 is 9.47 Å². The highest BCUT2D eigenvalue weighted by Crippen LogP contribution is 2.21. The average molecular weight is 895 g/mol. The van der Waals surface area contributed by atoms with Gasteiger partial charge in [-0.15, -0.1) is 10.2 Å². The lowest BCUT2D eigenvalue weighted by molar-refractivity contribution is 0.106. The Labute approximate surface area is 391 Å². The molecule has 4 aromatic heterocycles. The lowest BCUT2D eigenvalue weighted by Gasteiger charge is -2.13. The minimum absolute atomic E-state index is 0.208. The second-order valence-corrected chi connectivity index (χ2v) is 15.8. The Bertz CT molecular complexity index is 2490. The van der Waals surface area contributed by atoms with Crippen molar-refractivity contribution in [3.8, 4) is 11.5 Å². The highest BCUT2D eigenvalue weighted by atomic mass is 16.5. The van der Waals surface area contributed by atoms with E-state index in [-0.39, 0.29) is 12.1 Å². The van der Waals surface area contributed by atoms with E-state index in [4.69, 9.17) is 28.9 Å². The van der Waals surface area contributed by atoms with E-state index in [0.29, 0.717) is 64.2 Å². The maximum Gasteiger partial charge on any atom is 0.137 e. The number of unbranched alkanes of at least 4 members (excludes halogenated alkanes) is 2. The molecule has 0 aliphatic heterocycles. The van der Waals surface area contributed by atoms with Gasteiger partial charge in [-0.25, -0.2) is 9.36 Å². The normalized spacial score (nSPS) is 12.4. The fourth-order valence-corrected chi connectivity index (χ4v) is 7.06. The zero-order valence-corrected chi connectivity index (χ0v) is 37.4. The number of benzene rings is 4. The molecule has 2 atom stereocenters. The number of rotatable bonds is 26. The van der Waals surface area contributed by atoms with E-state index in [1.54, 1.807) is 24.8 Å². The van der Waals surface area contributed by atoms with Crippen LogP contribution in [0.2, 0.25) is 0 Å². The molecule has 0 radical (unpaired) electrons. The summed E-state index contributed by atoms with van der Waals surface area (Å²) in [4.78, 5) is 18.8. The van der Waals surface area contributed by atoms with Crippen LogP contribution in [0.1, 0.15) is 76.4 Å². The average Bonchev–Trinajstić information content (AvgIpc) is 4.03. The molecule has 340 valence electrons. The monoisotopic (exact) mass is 894 g/mol. The lowest BCUT2D eigenvalue weighted by Crippen LogP contribution is -2.07. The summed E-state index contributed by atoms with van der Waals surface area (Å²) in [6, 6.07) is 47.8. The topological polar surface area (TPSA) is 149 Å². The van der Waals surface area contributed by atoms with Gasteiger partial charge >= 0.3 is 0 Å². The van der Waals surface area contributed by atoms with Crippen molar-refractivity contribution in [2.75, 3.05) is 26.4 Å². The molecule has 0 saturated carbocycles. The van der Waals surface area contributed by atoms with Gasteiger partial charge in [0.1, 0.15) is 22.9 Å². The van der Waals surface area contributed by atoms with E-state index in [2.05, 4.69) is 79.1 Å². The van der Waals surface area contributed by atoms with Crippen LogP contribution in [0.5, 0.6) is 11.5 Å². The van der Waals surface area contributed by atoms with Crippen molar-refractivity contribution in [3.63, 3.8) is 0 Å². The Morgan fingerprint density at radius 3 is 1.30 bits per heavy atom. The van der Waals surface area contributed by atoms with Gasteiger partial charge in [-0.05, 0) is 65.8 Å². The van der Waals surface area contributed by atoms with E-state index < -0.39 is 0 Å². The second-order valence-electron chi connectivity index (χ2n) is 15.8. The van der Waals surface area contributed by atoms with Crippen LogP contribution >= 0.6 is 0 Å². The summed E-state index contributed by atoms with van der Waals surface area (Å²) in [7, 11) is 0. The number of aliphatic imine (C=N–C) groups is 2. The number of hydrogen-bond donors (Lipinski definition) is 0. The third-order valence-electron chi connectivity index (χ3n) is 10.6. The van der Waals surface area contributed by atoms with Gasteiger partial charge in [-0.1, -0.05) is 132 Å². The summed E-state index contributed by atoms with van der Waals surface area (Å²) in [5, 5.41) is 17.1. The quantitative estimate of drug-likeness (QED) is 0.0381. The van der Waals surface area contributed by atoms with E-state index in [0.717, 1.165) is 64.3 Å². The number of nitrogens with zero attached hydrogens (tertiary/aromatic N) is 10.